The third-order valence-electron chi connectivity index (χ3n) is 4.40. The number of halogens is 1. The maximum Gasteiger partial charge on any atom is 0.227 e. The highest BCUT2D eigenvalue weighted by atomic mass is 35.5. The number of carbonyl (C=O) groups is 1. The second kappa shape index (κ2) is 8.51. The van der Waals surface area contributed by atoms with Crippen LogP contribution in [0.1, 0.15) is 35.8 Å². The molecule has 2 heterocycles. The van der Waals surface area contributed by atoms with Gasteiger partial charge in [-0.15, -0.1) is 23.7 Å². The Morgan fingerprint density at radius 2 is 2.08 bits per heavy atom. The molecule has 1 amide bonds. The van der Waals surface area contributed by atoms with Crippen LogP contribution in [-0.4, -0.2) is 28.5 Å². The number of thiophene rings is 1. The normalized spacial score (nSPS) is 18.2. The lowest BCUT2D eigenvalue weighted by Gasteiger charge is -2.26. The third-order valence-corrected chi connectivity index (χ3v) is 5.37. The van der Waals surface area contributed by atoms with E-state index in [-0.39, 0.29) is 24.4 Å². The fourth-order valence-electron chi connectivity index (χ4n) is 3.18. The smallest absolute Gasteiger partial charge is 0.227 e. The van der Waals surface area contributed by atoms with E-state index in [9.17, 15) is 9.90 Å². The molecule has 1 aromatic heterocycles. The van der Waals surface area contributed by atoms with Crippen molar-refractivity contribution in [1.82, 2.24) is 4.90 Å². The molecule has 1 fully saturated rings. The first-order chi connectivity index (χ1) is 11.1. The summed E-state index contributed by atoms with van der Waals surface area (Å²) in [6, 6.07) is 11.5. The van der Waals surface area contributed by atoms with Gasteiger partial charge >= 0.3 is 0 Å². The molecule has 3 N–H and O–H groups in total. The second-order valence-corrected chi connectivity index (χ2v) is 7.05. The lowest BCUT2D eigenvalue weighted by molar-refractivity contribution is -0.131. The molecule has 0 spiro atoms. The Labute approximate surface area is 152 Å². The molecule has 1 aliphatic heterocycles. The number of nitrogen functional groups attached to an aromatic ring is 1. The molecular weight excluding hydrogens is 344 g/mol. The minimum atomic E-state index is -0.482. The number of hydrogen-bond donors (Lipinski definition) is 2. The Hall–Kier alpha value is -1.56. The zero-order valence-corrected chi connectivity index (χ0v) is 15.1. The molecule has 0 bridgehead atoms. The summed E-state index contributed by atoms with van der Waals surface area (Å²) in [5, 5.41) is 12.3. The first-order valence-electron chi connectivity index (χ1n) is 7.99. The first kappa shape index (κ1) is 18.8. The summed E-state index contributed by atoms with van der Waals surface area (Å²) in [5.41, 5.74) is 7.37. The van der Waals surface area contributed by atoms with Crippen LogP contribution >= 0.6 is 23.7 Å². The summed E-state index contributed by atoms with van der Waals surface area (Å²) >= 11 is 1.56. The fourth-order valence-corrected chi connectivity index (χ4v) is 3.90. The topological polar surface area (TPSA) is 66.6 Å². The van der Waals surface area contributed by atoms with E-state index in [4.69, 9.17) is 5.73 Å². The molecule has 1 saturated heterocycles. The summed E-state index contributed by atoms with van der Waals surface area (Å²) in [6.45, 7) is 0.787. The van der Waals surface area contributed by atoms with Gasteiger partial charge in [0, 0.05) is 23.2 Å². The molecule has 0 aliphatic carbocycles. The van der Waals surface area contributed by atoms with E-state index in [0.29, 0.717) is 18.5 Å². The summed E-state index contributed by atoms with van der Waals surface area (Å²) in [6.07, 6.45) is 2.51. The maximum absolute atomic E-state index is 12.6. The van der Waals surface area contributed by atoms with Crippen LogP contribution in [0, 0.1) is 0 Å². The van der Waals surface area contributed by atoms with Crippen molar-refractivity contribution in [3.63, 3.8) is 0 Å². The van der Waals surface area contributed by atoms with Crippen molar-refractivity contribution in [3.05, 3.63) is 52.2 Å². The second-order valence-electron chi connectivity index (χ2n) is 6.07. The van der Waals surface area contributed by atoms with Crippen molar-refractivity contribution < 1.29 is 9.90 Å². The largest absolute Gasteiger partial charge is 0.399 e. The molecule has 24 heavy (non-hydrogen) atoms. The average molecular weight is 367 g/mol. The van der Waals surface area contributed by atoms with E-state index < -0.39 is 6.10 Å². The standard InChI is InChI=1S/C18H22N2O2S.ClH/c19-14-7-5-13(6-8-14)11-18(22)20-9-1-3-15(20)12-16(21)17-4-2-10-23-17;/h2,4-8,10,15-16,21H,1,3,9,11-12,19H2;1H. The number of carbonyl (C=O) groups excluding carboxylic acids is 1. The van der Waals surface area contributed by atoms with Crippen LogP contribution in [0.3, 0.4) is 0 Å². The highest BCUT2D eigenvalue weighted by Gasteiger charge is 2.30. The molecule has 0 radical (unpaired) electrons. The zero-order chi connectivity index (χ0) is 16.2. The van der Waals surface area contributed by atoms with Gasteiger partial charge in [0.2, 0.25) is 5.91 Å². The number of anilines is 1. The molecule has 4 nitrogen and oxygen atoms in total. The Morgan fingerprint density at radius 3 is 2.75 bits per heavy atom. The third kappa shape index (κ3) is 4.50. The number of nitrogens with two attached hydrogens (primary N) is 1. The number of aliphatic hydroxyl groups excluding tert-OH is 1. The summed E-state index contributed by atoms with van der Waals surface area (Å²) in [4.78, 5) is 15.5. The number of amides is 1. The van der Waals surface area contributed by atoms with Crippen LogP contribution in [0.2, 0.25) is 0 Å². The van der Waals surface area contributed by atoms with Crippen LogP contribution in [0.5, 0.6) is 0 Å². The molecule has 1 aliphatic rings. The Morgan fingerprint density at radius 1 is 1.33 bits per heavy atom. The summed E-state index contributed by atoms with van der Waals surface area (Å²) in [7, 11) is 0. The number of hydrogen-bond acceptors (Lipinski definition) is 4. The molecule has 2 unspecified atom stereocenters. The van der Waals surface area contributed by atoms with Gasteiger partial charge in [-0.1, -0.05) is 18.2 Å². The van der Waals surface area contributed by atoms with Gasteiger partial charge in [0.1, 0.15) is 0 Å². The Bertz CT molecular complexity index is 646. The highest BCUT2D eigenvalue weighted by Crippen LogP contribution is 2.29. The van der Waals surface area contributed by atoms with Crippen molar-refractivity contribution >= 4 is 35.3 Å². The summed E-state index contributed by atoms with van der Waals surface area (Å²) in [5.74, 6) is 0.135. The van der Waals surface area contributed by atoms with Crippen LogP contribution in [-0.2, 0) is 11.2 Å². The molecule has 1 aromatic carbocycles. The number of benzene rings is 1. The highest BCUT2D eigenvalue weighted by molar-refractivity contribution is 7.10. The van der Waals surface area contributed by atoms with Gasteiger partial charge in [-0.3, -0.25) is 4.79 Å². The van der Waals surface area contributed by atoms with Crippen LogP contribution < -0.4 is 5.73 Å². The number of aliphatic hydroxyl groups is 1. The molecule has 0 saturated carbocycles. The van der Waals surface area contributed by atoms with Gasteiger partial charge in [-0.2, -0.15) is 0 Å². The van der Waals surface area contributed by atoms with Crippen molar-refractivity contribution in [3.8, 4) is 0 Å². The van der Waals surface area contributed by atoms with Crippen molar-refractivity contribution in [2.45, 2.75) is 37.8 Å². The Balaban J connectivity index is 0.00000208. The van der Waals surface area contributed by atoms with E-state index in [1.165, 1.54) is 0 Å². The molecule has 6 heteroatoms. The average Bonchev–Trinajstić information content (AvgIpc) is 3.20. The van der Waals surface area contributed by atoms with Crippen molar-refractivity contribution in [2.75, 3.05) is 12.3 Å². The molecule has 3 rings (SSSR count). The van der Waals surface area contributed by atoms with E-state index in [1.54, 1.807) is 11.3 Å². The minimum Gasteiger partial charge on any atom is -0.399 e. The van der Waals surface area contributed by atoms with E-state index in [2.05, 4.69) is 0 Å². The van der Waals surface area contributed by atoms with Crippen LogP contribution in [0.15, 0.2) is 41.8 Å². The van der Waals surface area contributed by atoms with Gasteiger partial charge in [0.25, 0.3) is 0 Å². The zero-order valence-electron chi connectivity index (χ0n) is 13.4. The van der Waals surface area contributed by atoms with Gasteiger partial charge in [-0.05, 0) is 48.4 Å². The minimum absolute atomic E-state index is 0. The van der Waals surface area contributed by atoms with Gasteiger partial charge in [0.15, 0.2) is 0 Å². The molecular formula is C18H23ClN2O2S. The number of nitrogens with zero attached hydrogens (tertiary/aromatic N) is 1. The van der Waals surface area contributed by atoms with Gasteiger partial charge < -0.3 is 15.7 Å². The van der Waals surface area contributed by atoms with Gasteiger partial charge in [-0.25, -0.2) is 0 Å². The quantitative estimate of drug-likeness (QED) is 0.797. The monoisotopic (exact) mass is 366 g/mol. The van der Waals surface area contributed by atoms with Crippen molar-refractivity contribution in [2.24, 2.45) is 0 Å². The molecule has 130 valence electrons. The van der Waals surface area contributed by atoms with E-state index >= 15 is 0 Å². The lowest BCUT2D eigenvalue weighted by Crippen LogP contribution is -2.37. The molecule has 2 atom stereocenters. The van der Waals surface area contributed by atoms with Crippen molar-refractivity contribution in [1.29, 1.82) is 0 Å². The fraction of sp³-hybridized carbons (Fsp3) is 0.389. The molecule has 2 aromatic rings. The van der Waals surface area contributed by atoms with E-state index in [1.807, 2.05) is 46.7 Å². The van der Waals surface area contributed by atoms with E-state index in [0.717, 1.165) is 29.8 Å². The van der Waals surface area contributed by atoms with Gasteiger partial charge in [0.05, 0.1) is 12.5 Å². The summed E-state index contributed by atoms with van der Waals surface area (Å²) < 4.78 is 0. The van der Waals surface area contributed by atoms with Crippen LogP contribution in [0.4, 0.5) is 5.69 Å². The van der Waals surface area contributed by atoms with Crippen LogP contribution in [0.25, 0.3) is 0 Å². The SMILES string of the molecule is Cl.Nc1ccc(CC(=O)N2CCCC2CC(O)c2cccs2)cc1. The first-order valence-corrected chi connectivity index (χ1v) is 8.87. The number of likely N-dealkylation sites (tertiary alicyclic amines) is 1. The Kier molecular flexibility index (Phi) is 6.66. The maximum atomic E-state index is 12.6. The number of rotatable bonds is 5. The predicted octanol–water partition coefficient (Wildman–Crippen LogP) is 3.41. The predicted molar refractivity (Wildman–Crippen MR) is 100 cm³/mol. The lowest BCUT2D eigenvalue weighted by atomic mass is 10.0.